The molecule has 0 aromatic carbocycles. The number of nitrogens with zero attached hydrogens (tertiary/aromatic N) is 4. The van der Waals surface area contributed by atoms with Crippen molar-refractivity contribution in [3.8, 4) is 0 Å². The van der Waals surface area contributed by atoms with Gasteiger partial charge in [-0.1, -0.05) is 18.6 Å². The zero-order chi connectivity index (χ0) is 13.7. The number of likely N-dealkylation sites (tertiary alicyclic amines) is 1. The van der Waals surface area contributed by atoms with E-state index in [9.17, 15) is 4.79 Å². The largest absolute Gasteiger partial charge is 0.476 e. The third-order valence-electron chi connectivity index (χ3n) is 3.63. The Balaban J connectivity index is 2.02. The van der Waals surface area contributed by atoms with Crippen LogP contribution in [0.2, 0.25) is 0 Å². The number of carboxylic acids is 1. The van der Waals surface area contributed by atoms with Gasteiger partial charge in [-0.3, -0.25) is 0 Å². The quantitative estimate of drug-likeness (QED) is 0.808. The number of aromatic carboxylic acids is 1. The van der Waals surface area contributed by atoms with Gasteiger partial charge >= 0.3 is 5.97 Å². The average molecular weight is 266 g/mol. The second-order valence-electron chi connectivity index (χ2n) is 5.07. The predicted molar refractivity (Wildman–Crippen MR) is 71.3 cm³/mol. The van der Waals surface area contributed by atoms with Gasteiger partial charge in [-0.05, 0) is 38.8 Å². The molecule has 1 fully saturated rings. The minimum absolute atomic E-state index is 0.120. The summed E-state index contributed by atoms with van der Waals surface area (Å²) in [6.07, 6.45) is 5.28. The summed E-state index contributed by atoms with van der Waals surface area (Å²) >= 11 is 0. The van der Waals surface area contributed by atoms with Crippen LogP contribution in [-0.4, -0.2) is 50.6 Å². The Labute approximate surface area is 113 Å². The summed E-state index contributed by atoms with van der Waals surface area (Å²) in [5, 5.41) is 17.0. The summed E-state index contributed by atoms with van der Waals surface area (Å²) in [5.41, 5.74) is 0.892. The first-order chi connectivity index (χ1) is 9.22. The van der Waals surface area contributed by atoms with E-state index in [1.807, 2.05) is 0 Å². The Morgan fingerprint density at radius 2 is 2.05 bits per heavy atom. The summed E-state index contributed by atoms with van der Waals surface area (Å²) in [7, 11) is 0. The molecule has 19 heavy (non-hydrogen) atoms. The third-order valence-corrected chi connectivity index (χ3v) is 3.63. The van der Waals surface area contributed by atoms with E-state index in [0.717, 1.165) is 51.1 Å². The Hall–Kier alpha value is -1.43. The first-order valence-corrected chi connectivity index (χ1v) is 7.10. The number of aromatic nitrogens is 3. The van der Waals surface area contributed by atoms with Gasteiger partial charge in [0.15, 0.2) is 5.69 Å². The van der Waals surface area contributed by atoms with Gasteiger partial charge in [-0.2, -0.15) is 0 Å². The van der Waals surface area contributed by atoms with E-state index in [4.69, 9.17) is 5.11 Å². The van der Waals surface area contributed by atoms with Gasteiger partial charge in [-0.15, -0.1) is 5.10 Å². The van der Waals surface area contributed by atoms with Crippen LogP contribution in [0.3, 0.4) is 0 Å². The van der Waals surface area contributed by atoms with Crippen LogP contribution >= 0.6 is 0 Å². The van der Waals surface area contributed by atoms with Gasteiger partial charge < -0.3 is 10.0 Å². The molecule has 0 unspecified atom stereocenters. The van der Waals surface area contributed by atoms with Crippen LogP contribution in [0.15, 0.2) is 0 Å². The number of hydrogen-bond donors (Lipinski definition) is 1. The molecule has 0 radical (unpaired) electrons. The van der Waals surface area contributed by atoms with Crippen LogP contribution in [0.25, 0.3) is 0 Å². The van der Waals surface area contributed by atoms with Gasteiger partial charge in [0.1, 0.15) is 0 Å². The second-order valence-corrected chi connectivity index (χ2v) is 5.07. The van der Waals surface area contributed by atoms with Crippen molar-refractivity contribution in [2.75, 3.05) is 19.6 Å². The molecule has 6 nitrogen and oxygen atoms in total. The summed E-state index contributed by atoms with van der Waals surface area (Å²) in [6.45, 7) is 6.05. The summed E-state index contributed by atoms with van der Waals surface area (Å²) in [6, 6.07) is 0. The number of unbranched alkanes of at least 4 members (excludes halogenated alkanes) is 1. The van der Waals surface area contributed by atoms with Crippen LogP contribution in [-0.2, 0) is 13.0 Å². The number of carbonyl (C=O) groups is 1. The molecule has 1 saturated heterocycles. The molecule has 0 saturated carbocycles. The van der Waals surface area contributed by atoms with Crippen molar-refractivity contribution < 1.29 is 9.90 Å². The highest BCUT2D eigenvalue weighted by molar-refractivity contribution is 5.86. The van der Waals surface area contributed by atoms with Crippen molar-refractivity contribution in [3.05, 3.63) is 11.4 Å². The molecule has 0 atom stereocenters. The fourth-order valence-electron chi connectivity index (χ4n) is 2.51. The van der Waals surface area contributed by atoms with Crippen molar-refractivity contribution >= 4 is 5.97 Å². The summed E-state index contributed by atoms with van der Waals surface area (Å²) in [4.78, 5) is 13.5. The molecule has 1 aliphatic rings. The summed E-state index contributed by atoms with van der Waals surface area (Å²) in [5.74, 6) is -0.974. The van der Waals surface area contributed by atoms with E-state index in [1.165, 1.54) is 12.8 Å². The van der Waals surface area contributed by atoms with Crippen LogP contribution in [0.4, 0.5) is 0 Å². The van der Waals surface area contributed by atoms with Gasteiger partial charge in [0.05, 0.1) is 12.2 Å². The fraction of sp³-hybridized carbons (Fsp3) is 0.769. The molecular weight excluding hydrogens is 244 g/mol. The number of carboxylic acid groups (broad SMARTS) is 1. The molecule has 1 aromatic rings. The minimum Gasteiger partial charge on any atom is -0.476 e. The van der Waals surface area contributed by atoms with Crippen LogP contribution in [0, 0.1) is 0 Å². The van der Waals surface area contributed by atoms with Crippen molar-refractivity contribution in [3.63, 3.8) is 0 Å². The zero-order valence-corrected chi connectivity index (χ0v) is 11.5. The van der Waals surface area contributed by atoms with Crippen molar-refractivity contribution in [1.29, 1.82) is 0 Å². The van der Waals surface area contributed by atoms with Gasteiger partial charge in [0.25, 0.3) is 0 Å². The molecule has 0 bridgehead atoms. The SMILES string of the molecule is CCCCc1c(C(=O)O)nnn1CCN1CCCC1. The van der Waals surface area contributed by atoms with E-state index in [0.29, 0.717) is 0 Å². The monoisotopic (exact) mass is 266 g/mol. The van der Waals surface area contributed by atoms with Crippen LogP contribution < -0.4 is 0 Å². The predicted octanol–water partition coefficient (Wildman–Crippen LogP) is 1.41. The molecule has 1 aliphatic heterocycles. The van der Waals surface area contributed by atoms with Gasteiger partial charge in [0, 0.05) is 6.54 Å². The van der Waals surface area contributed by atoms with Crippen LogP contribution in [0.1, 0.15) is 48.8 Å². The first kappa shape index (κ1) is 14.0. The molecule has 2 heterocycles. The zero-order valence-electron chi connectivity index (χ0n) is 11.5. The molecule has 1 aromatic heterocycles. The maximum atomic E-state index is 11.1. The molecule has 2 rings (SSSR count). The Morgan fingerprint density at radius 3 is 2.68 bits per heavy atom. The molecule has 0 amide bonds. The van der Waals surface area contributed by atoms with Crippen molar-refractivity contribution in [2.45, 2.75) is 45.6 Å². The van der Waals surface area contributed by atoms with E-state index in [1.54, 1.807) is 4.68 Å². The fourth-order valence-corrected chi connectivity index (χ4v) is 2.51. The minimum atomic E-state index is -0.974. The van der Waals surface area contributed by atoms with E-state index in [-0.39, 0.29) is 5.69 Å². The Morgan fingerprint density at radius 1 is 1.32 bits per heavy atom. The van der Waals surface area contributed by atoms with Crippen molar-refractivity contribution in [2.24, 2.45) is 0 Å². The second kappa shape index (κ2) is 6.65. The third kappa shape index (κ3) is 3.53. The normalized spacial score (nSPS) is 16.1. The first-order valence-electron chi connectivity index (χ1n) is 7.10. The van der Waals surface area contributed by atoms with Crippen LogP contribution in [0.5, 0.6) is 0 Å². The summed E-state index contributed by atoms with van der Waals surface area (Å²) < 4.78 is 1.78. The van der Waals surface area contributed by atoms with E-state index in [2.05, 4.69) is 22.1 Å². The average Bonchev–Trinajstić information content (AvgIpc) is 3.03. The van der Waals surface area contributed by atoms with Crippen molar-refractivity contribution in [1.82, 2.24) is 19.9 Å². The highest BCUT2D eigenvalue weighted by Crippen LogP contribution is 2.12. The standard InChI is InChI=1S/C13H22N4O2/c1-2-3-6-11-12(13(18)19)14-15-17(11)10-9-16-7-4-5-8-16/h2-10H2,1H3,(H,18,19). The molecule has 1 N–H and O–H groups in total. The van der Waals surface area contributed by atoms with E-state index < -0.39 is 5.97 Å². The lowest BCUT2D eigenvalue weighted by molar-refractivity contribution is 0.0689. The molecule has 6 heteroatoms. The highest BCUT2D eigenvalue weighted by Gasteiger charge is 2.19. The Kier molecular flexibility index (Phi) is 4.90. The lowest BCUT2D eigenvalue weighted by Gasteiger charge is -2.15. The Bertz CT molecular complexity index is 424. The van der Waals surface area contributed by atoms with E-state index >= 15 is 0 Å². The topological polar surface area (TPSA) is 71.2 Å². The highest BCUT2D eigenvalue weighted by atomic mass is 16.4. The molecule has 0 spiro atoms. The number of rotatable bonds is 7. The molecule has 0 aliphatic carbocycles. The van der Waals surface area contributed by atoms with Gasteiger partial charge in [0.2, 0.25) is 0 Å². The lowest BCUT2D eigenvalue weighted by Crippen LogP contribution is -2.25. The smallest absolute Gasteiger partial charge is 0.358 e. The maximum Gasteiger partial charge on any atom is 0.358 e. The lowest BCUT2D eigenvalue weighted by atomic mass is 10.1. The van der Waals surface area contributed by atoms with Gasteiger partial charge in [-0.25, -0.2) is 9.48 Å². The number of hydrogen-bond acceptors (Lipinski definition) is 4. The maximum absolute atomic E-state index is 11.1. The molecule has 106 valence electrons. The molecular formula is C13H22N4O2.